The van der Waals surface area contributed by atoms with Crippen LogP contribution in [-0.4, -0.2) is 37.2 Å². The van der Waals surface area contributed by atoms with Gasteiger partial charge in [0.25, 0.3) is 0 Å². The maximum Gasteiger partial charge on any atom is 0.0700 e. The lowest BCUT2D eigenvalue weighted by atomic mass is 9.98. The smallest absolute Gasteiger partial charge is 0.0700 e. The Morgan fingerprint density at radius 1 is 1.25 bits per heavy atom. The zero-order chi connectivity index (χ0) is 14.5. The fourth-order valence-corrected chi connectivity index (χ4v) is 2.87. The van der Waals surface area contributed by atoms with Gasteiger partial charge in [0.1, 0.15) is 0 Å². The van der Waals surface area contributed by atoms with E-state index in [2.05, 4.69) is 49.9 Å². The van der Waals surface area contributed by atoms with E-state index < -0.39 is 0 Å². The topological polar surface area (TPSA) is 38.5 Å². The molecule has 1 aliphatic rings. The fraction of sp³-hybridized carbons (Fsp3) is 0.647. The SMILES string of the molecule is CCC1CN(C(CN)c2ccc(C(C)C)cc2)CCO1. The summed E-state index contributed by atoms with van der Waals surface area (Å²) in [4.78, 5) is 2.47. The summed E-state index contributed by atoms with van der Waals surface area (Å²) in [7, 11) is 0. The minimum Gasteiger partial charge on any atom is -0.376 e. The van der Waals surface area contributed by atoms with Crippen LogP contribution in [0.15, 0.2) is 24.3 Å². The summed E-state index contributed by atoms with van der Waals surface area (Å²) in [6.07, 6.45) is 1.42. The summed E-state index contributed by atoms with van der Waals surface area (Å²) in [6, 6.07) is 9.27. The Hall–Kier alpha value is -0.900. The predicted octanol–water partition coefficient (Wildman–Crippen LogP) is 2.92. The lowest BCUT2D eigenvalue weighted by Crippen LogP contribution is -2.46. The molecule has 2 rings (SSSR count). The molecular formula is C17H28N2O. The number of nitrogens with zero attached hydrogens (tertiary/aromatic N) is 1. The van der Waals surface area contributed by atoms with Crippen molar-refractivity contribution in [2.24, 2.45) is 5.73 Å². The van der Waals surface area contributed by atoms with E-state index in [9.17, 15) is 0 Å². The van der Waals surface area contributed by atoms with Gasteiger partial charge in [-0.3, -0.25) is 4.90 Å². The summed E-state index contributed by atoms with van der Waals surface area (Å²) < 4.78 is 5.76. The van der Waals surface area contributed by atoms with Gasteiger partial charge < -0.3 is 10.5 Å². The van der Waals surface area contributed by atoms with Crippen LogP contribution in [0.5, 0.6) is 0 Å². The summed E-state index contributed by atoms with van der Waals surface area (Å²) in [5.41, 5.74) is 8.75. The number of rotatable bonds is 5. The molecule has 2 unspecified atom stereocenters. The second kappa shape index (κ2) is 7.21. The molecule has 1 saturated heterocycles. The van der Waals surface area contributed by atoms with Crippen LogP contribution in [0.3, 0.4) is 0 Å². The molecule has 1 aromatic carbocycles. The Bertz CT molecular complexity index is 402. The van der Waals surface area contributed by atoms with E-state index in [1.54, 1.807) is 0 Å². The predicted molar refractivity (Wildman–Crippen MR) is 83.9 cm³/mol. The van der Waals surface area contributed by atoms with Crippen molar-refractivity contribution in [2.45, 2.75) is 45.3 Å². The average molecular weight is 276 g/mol. The van der Waals surface area contributed by atoms with Crippen molar-refractivity contribution >= 4 is 0 Å². The van der Waals surface area contributed by atoms with E-state index in [1.807, 2.05) is 0 Å². The normalized spacial score (nSPS) is 22.1. The number of nitrogens with two attached hydrogens (primary N) is 1. The van der Waals surface area contributed by atoms with Gasteiger partial charge in [-0.2, -0.15) is 0 Å². The Labute approximate surface area is 123 Å². The van der Waals surface area contributed by atoms with Crippen LogP contribution in [0.1, 0.15) is 50.3 Å². The van der Waals surface area contributed by atoms with Crippen LogP contribution >= 0.6 is 0 Å². The van der Waals surface area contributed by atoms with Gasteiger partial charge in [0.05, 0.1) is 12.7 Å². The second-order valence-electron chi connectivity index (χ2n) is 5.97. The van der Waals surface area contributed by atoms with Gasteiger partial charge in [0, 0.05) is 25.7 Å². The van der Waals surface area contributed by atoms with Gasteiger partial charge in [-0.25, -0.2) is 0 Å². The number of hydrogen-bond acceptors (Lipinski definition) is 3. The number of morpholine rings is 1. The third-order valence-electron chi connectivity index (χ3n) is 4.28. The van der Waals surface area contributed by atoms with Gasteiger partial charge >= 0.3 is 0 Å². The van der Waals surface area contributed by atoms with Crippen LogP contribution in [0.2, 0.25) is 0 Å². The molecular weight excluding hydrogens is 248 g/mol. The van der Waals surface area contributed by atoms with Crippen molar-refractivity contribution < 1.29 is 4.74 Å². The largest absolute Gasteiger partial charge is 0.376 e. The van der Waals surface area contributed by atoms with Crippen LogP contribution in [-0.2, 0) is 4.74 Å². The third kappa shape index (κ3) is 3.60. The van der Waals surface area contributed by atoms with Crippen molar-refractivity contribution in [3.8, 4) is 0 Å². The average Bonchev–Trinajstić information content (AvgIpc) is 2.49. The molecule has 0 bridgehead atoms. The van der Waals surface area contributed by atoms with E-state index in [4.69, 9.17) is 10.5 Å². The quantitative estimate of drug-likeness (QED) is 0.898. The highest BCUT2D eigenvalue weighted by Gasteiger charge is 2.25. The molecule has 1 heterocycles. The van der Waals surface area contributed by atoms with Crippen LogP contribution in [0.25, 0.3) is 0 Å². The Morgan fingerprint density at radius 2 is 1.90 bits per heavy atom. The minimum absolute atomic E-state index is 0.314. The van der Waals surface area contributed by atoms with E-state index in [-0.39, 0.29) is 0 Å². The summed E-state index contributed by atoms with van der Waals surface area (Å²) in [5.74, 6) is 0.577. The maximum atomic E-state index is 6.04. The molecule has 1 aromatic rings. The lowest BCUT2D eigenvalue weighted by Gasteiger charge is -2.38. The molecule has 0 aliphatic carbocycles. The highest BCUT2D eigenvalue weighted by atomic mass is 16.5. The van der Waals surface area contributed by atoms with Gasteiger partial charge in [0.2, 0.25) is 0 Å². The number of ether oxygens (including phenoxy) is 1. The standard InChI is InChI=1S/C17H28N2O/c1-4-16-12-19(9-10-20-16)17(11-18)15-7-5-14(6-8-15)13(2)3/h5-8,13,16-17H,4,9-12,18H2,1-3H3. The van der Waals surface area contributed by atoms with Crippen molar-refractivity contribution in [3.63, 3.8) is 0 Å². The van der Waals surface area contributed by atoms with E-state index in [1.165, 1.54) is 11.1 Å². The first-order chi connectivity index (χ1) is 9.65. The van der Waals surface area contributed by atoms with E-state index in [0.29, 0.717) is 24.6 Å². The first-order valence-electron chi connectivity index (χ1n) is 7.81. The molecule has 0 saturated carbocycles. The van der Waals surface area contributed by atoms with Crippen LogP contribution < -0.4 is 5.73 Å². The highest BCUT2D eigenvalue weighted by molar-refractivity contribution is 5.27. The summed E-state index contributed by atoms with van der Waals surface area (Å²) >= 11 is 0. The molecule has 3 nitrogen and oxygen atoms in total. The summed E-state index contributed by atoms with van der Waals surface area (Å²) in [6.45, 7) is 10.1. The molecule has 20 heavy (non-hydrogen) atoms. The molecule has 112 valence electrons. The maximum absolute atomic E-state index is 6.04. The zero-order valence-electron chi connectivity index (χ0n) is 13.0. The first-order valence-corrected chi connectivity index (χ1v) is 7.81. The van der Waals surface area contributed by atoms with E-state index in [0.717, 1.165) is 26.1 Å². The van der Waals surface area contributed by atoms with Gasteiger partial charge in [-0.1, -0.05) is 45.0 Å². The molecule has 0 spiro atoms. The Morgan fingerprint density at radius 3 is 2.45 bits per heavy atom. The molecule has 0 aromatic heterocycles. The van der Waals surface area contributed by atoms with Crippen molar-refractivity contribution in [1.82, 2.24) is 4.90 Å². The monoisotopic (exact) mass is 276 g/mol. The van der Waals surface area contributed by atoms with Gasteiger partial charge in [-0.05, 0) is 23.5 Å². The Kier molecular flexibility index (Phi) is 5.58. The molecule has 2 atom stereocenters. The van der Waals surface area contributed by atoms with Crippen molar-refractivity contribution in [2.75, 3.05) is 26.2 Å². The highest BCUT2D eigenvalue weighted by Crippen LogP contribution is 2.24. The molecule has 3 heteroatoms. The Balaban J connectivity index is 2.10. The van der Waals surface area contributed by atoms with Crippen molar-refractivity contribution in [1.29, 1.82) is 0 Å². The molecule has 2 N–H and O–H groups in total. The van der Waals surface area contributed by atoms with E-state index >= 15 is 0 Å². The number of hydrogen-bond donors (Lipinski definition) is 1. The summed E-state index contributed by atoms with van der Waals surface area (Å²) in [5, 5.41) is 0. The molecule has 1 aliphatic heterocycles. The molecule has 1 fully saturated rings. The number of benzene rings is 1. The fourth-order valence-electron chi connectivity index (χ4n) is 2.87. The minimum atomic E-state index is 0.314. The molecule has 0 radical (unpaired) electrons. The zero-order valence-corrected chi connectivity index (χ0v) is 13.0. The van der Waals surface area contributed by atoms with Crippen LogP contribution in [0.4, 0.5) is 0 Å². The second-order valence-corrected chi connectivity index (χ2v) is 5.97. The third-order valence-corrected chi connectivity index (χ3v) is 4.28. The molecule has 0 amide bonds. The van der Waals surface area contributed by atoms with Gasteiger partial charge in [0.15, 0.2) is 0 Å². The first kappa shape index (κ1) is 15.5. The van der Waals surface area contributed by atoms with Crippen LogP contribution in [0, 0.1) is 0 Å². The van der Waals surface area contributed by atoms with Gasteiger partial charge in [-0.15, -0.1) is 0 Å². The lowest BCUT2D eigenvalue weighted by molar-refractivity contribution is -0.0437. The van der Waals surface area contributed by atoms with Crippen molar-refractivity contribution in [3.05, 3.63) is 35.4 Å².